The summed E-state index contributed by atoms with van der Waals surface area (Å²) in [4.78, 5) is 18.2. The number of carbonyl (C=O) groups excluding carboxylic acids is 1. The van der Waals surface area contributed by atoms with E-state index in [0.29, 0.717) is 17.3 Å². The Morgan fingerprint density at radius 1 is 1.21 bits per heavy atom. The molecule has 0 fully saturated rings. The number of anilines is 1. The molecule has 1 aliphatic rings. The summed E-state index contributed by atoms with van der Waals surface area (Å²) >= 11 is 6.10. The Hall–Kier alpha value is -3.29. The zero-order valence-corrected chi connectivity index (χ0v) is 15.7. The number of aliphatic imine (C=N–C) groups is 1. The second-order valence-corrected chi connectivity index (χ2v) is 6.60. The van der Waals surface area contributed by atoms with E-state index in [4.69, 9.17) is 32.2 Å². The minimum Gasteiger partial charge on any atom is -0.497 e. The van der Waals surface area contributed by atoms with Crippen LogP contribution in [0.4, 0.5) is 11.6 Å². The Labute approximate surface area is 166 Å². The average molecular weight is 397 g/mol. The van der Waals surface area contributed by atoms with Crippen LogP contribution in [-0.2, 0) is 0 Å². The van der Waals surface area contributed by atoms with Gasteiger partial charge in [-0.2, -0.15) is 4.99 Å². The molecule has 28 heavy (non-hydrogen) atoms. The van der Waals surface area contributed by atoms with E-state index in [-0.39, 0.29) is 10.6 Å². The highest BCUT2D eigenvalue weighted by Gasteiger charge is 2.31. The summed E-state index contributed by atoms with van der Waals surface area (Å²) in [5.74, 6) is 1.03. The minimum absolute atomic E-state index is 0.204. The van der Waals surface area contributed by atoms with Gasteiger partial charge in [0.15, 0.2) is 0 Å². The third-order valence-corrected chi connectivity index (χ3v) is 4.88. The summed E-state index contributed by atoms with van der Waals surface area (Å²) < 4.78 is 10.7. The number of benzene rings is 2. The topological polar surface area (TPSA) is 107 Å². The van der Waals surface area contributed by atoms with Gasteiger partial charge in [0.05, 0.1) is 29.5 Å². The summed E-state index contributed by atoms with van der Waals surface area (Å²) in [6.45, 7) is 0. The van der Waals surface area contributed by atoms with Crippen molar-refractivity contribution in [3.8, 4) is 5.75 Å². The molecule has 1 aromatic heterocycles. The largest absolute Gasteiger partial charge is 0.497 e. The van der Waals surface area contributed by atoms with Crippen LogP contribution in [0.2, 0.25) is 5.02 Å². The van der Waals surface area contributed by atoms with Crippen LogP contribution in [0.25, 0.3) is 0 Å². The van der Waals surface area contributed by atoms with Gasteiger partial charge in [-0.3, -0.25) is 4.79 Å². The number of rotatable bonds is 4. The van der Waals surface area contributed by atoms with Crippen molar-refractivity contribution in [3.05, 3.63) is 76.5 Å². The highest BCUT2D eigenvalue weighted by atomic mass is 35.5. The third-order valence-electron chi connectivity index (χ3n) is 4.55. The molecule has 0 bridgehead atoms. The lowest BCUT2D eigenvalue weighted by Crippen LogP contribution is -2.42. The maximum Gasteiger partial charge on any atom is 0.250 e. The lowest BCUT2D eigenvalue weighted by molar-refractivity contribution is 0.100. The number of nitrogens with zero attached hydrogens (tertiary/aromatic N) is 2. The van der Waals surface area contributed by atoms with Crippen LogP contribution < -0.4 is 21.1 Å². The van der Waals surface area contributed by atoms with Gasteiger partial charge in [-0.25, -0.2) is 0 Å². The fourth-order valence-corrected chi connectivity index (χ4v) is 3.34. The molecular formula is C20H17ClN4O3. The van der Waals surface area contributed by atoms with Crippen LogP contribution in [0, 0.1) is 0 Å². The number of methoxy groups -OCH3 is 1. The molecule has 142 valence electrons. The number of primary amides is 1. The van der Waals surface area contributed by atoms with E-state index in [1.54, 1.807) is 37.6 Å². The number of furan rings is 1. The van der Waals surface area contributed by atoms with Crippen LogP contribution in [0.5, 0.6) is 5.75 Å². The Balaban J connectivity index is 1.88. The zero-order chi connectivity index (χ0) is 19.8. The quantitative estimate of drug-likeness (QED) is 0.700. The van der Waals surface area contributed by atoms with Gasteiger partial charge in [-0.05, 0) is 48.5 Å². The van der Waals surface area contributed by atoms with Crippen molar-refractivity contribution >= 4 is 34.9 Å². The van der Waals surface area contributed by atoms with E-state index >= 15 is 0 Å². The third kappa shape index (κ3) is 3.00. The van der Waals surface area contributed by atoms with Crippen molar-refractivity contribution in [2.75, 3.05) is 12.0 Å². The van der Waals surface area contributed by atoms with Crippen molar-refractivity contribution in [1.82, 2.24) is 0 Å². The van der Waals surface area contributed by atoms with E-state index in [0.717, 1.165) is 17.0 Å². The lowest BCUT2D eigenvalue weighted by Gasteiger charge is -2.34. The van der Waals surface area contributed by atoms with Crippen molar-refractivity contribution in [2.45, 2.75) is 6.17 Å². The summed E-state index contributed by atoms with van der Waals surface area (Å²) in [6.07, 6.45) is 1.00. The number of nitrogens with two attached hydrogens (primary N) is 2. The average Bonchev–Trinajstić information content (AvgIpc) is 3.17. The molecule has 1 atom stereocenters. The highest BCUT2D eigenvalue weighted by molar-refractivity contribution is 6.34. The maximum atomic E-state index is 11.7. The Kier molecular flexibility index (Phi) is 4.54. The molecule has 0 radical (unpaired) electrons. The summed E-state index contributed by atoms with van der Waals surface area (Å²) in [5.41, 5.74) is 14.4. The van der Waals surface area contributed by atoms with Gasteiger partial charge in [0.2, 0.25) is 11.8 Å². The highest BCUT2D eigenvalue weighted by Crippen LogP contribution is 2.38. The fourth-order valence-electron chi connectivity index (χ4n) is 3.13. The Bertz CT molecular complexity index is 1080. The number of carbonyl (C=O) groups is 1. The van der Waals surface area contributed by atoms with Gasteiger partial charge in [0.25, 0.3) is 0 Å². The van der Waals surface area contributed by atoms with Crippen molar-refractivity contribution < 1.29 is 13.9 Å². The first-order valence-electron chi connectivity index (χ1n) is 8.44. The number of fused-ring (bicyclic) bond motifs is 1. The standard InChI is InChI=1S/C20H17ClN4O3/c1-27-13-5-3-12(4-6-13)25-17(22)14-8-9-28-20(14)24-19(25)11-2-7-16(21)15(10-11)18(23)26/h2-10,17H,22H2,1H3,(H2,23,26). The van der Waals surface area contributed by atoms with Gasteiger partial charge in [-0.15, -0.1) is 0 Å². The maximum absolute atomic E-state index is 11.7. The molecule has 7 nitrogen and oxygen atoms in total. The predicted octanol–water partition coefficient (Wildman–Crippen LogP) is 3.60. The second-order valence-electron chi connectivity index (χ2n) is 6.19. The van der Waals surface area contributed by atoms with Crippen LogP contribution in [0.3, 0.4) is 0 Å². The molecule has 1 amide bonds. The first-order valence-corrected chi connectivity index (χ1v) is 8.82. The second kappa shape index (κ2) is 7.03. The summed E-state index contributed by atoms with van der Waals surface area (Å²) in [6, 6.07) is 14.2. The van der Waals surface area contributed by atoms with Crippen molar-refractivity contribution in [2.24, 2.45) is 16.5 Å². The normalized spacial score (nSPS) is 15.8. The number of hydrogen-bond donors (Lipinski definition) is 2. The molecule has 2 aromatic carbocycles. The molecule has 0 spiro atoms. The lowest BCUT2D eigenvalue weighted by atomic mass is 10.0. The predicted molar refractivity (Wildman–Crippen MR) is 107 cm³/mol. The number of hydrogen-bond acceptors (Lipinski definition) is 6. The van der Waals surface area contributed by atoms with Crippen LogP contribution in [-0.4, -0.2) is 18.9 Å². The van der Waals surface area contributed by atoms with Crippen LogP contribution >= 0.6 is 11.6 Å². The van der Waals surface area contributed by atoms with Gasteiger partial charge < -0.3 is 25.5 Å². The molecule has 4 rings (SSSR count). The number of halogens is 1. The summed E-state index contributed by atoms with van der Waals surface area (Å²) in [7, 11) is 1.60. The number of amides is 1. The van der Waals surface area contributed by atoms with E-state index in [9.17, 15) is 4.79 Å². The van der Waals surface area contributed by atoms with Crippen molar-refractivity contribution in [1.29, 1.82) is 0 Å². The Morgan fingerprint density at radius 2 is 1.96 bits per heavy atom. The van der Waals surface area contributed by atoms with Gasteiger partial charge in [0.1, 0.15) is 17.8 Å². The number of amidine groups is 1. The first kappa shape index (κ1) is 18.1. The molecule has 8 heteroatoms. The fraction of sp³-hybridized carbons (Fsp3) is 0.100. The minimum atomic E-state index is -0.623. The van der Waals surface area contributed by atoms with E-state index in [2.05, 4.69) is 4.99 Å². The smallest absolute Gasteiger partial charge is 0.250 e. The van der Waals surface area contributed by atoms with Crippen molar-refractivity contribution in [3.63, 3.8) is 0 Å². The van der Waals surface area contributed by atoms with Crippen LogP contribution in [0.1, 0.15) is 27.7 Å². The van der Waals surface area contributed by atoms with E-state index < -0.39 is 12.1 Å². The molecule has 0 saturated heterocycles. The van der Waals surface area contributed by atoms with Gasteiger partial charge in [0, 0.05) is 11.3 Å². The molecule has 2 heterocycles. The zero-order valence-electron chi connectivity index (χ0n) is 14.9. The van der Waals surface area contributed by atoms with Gasteiger partial charge in [-0.1, -0.05) is 11.6 Å². The Morgan fingerprint density at radius 3 is 2.64 bits per heavy atom. The number of ether oxygens (including phenoxy) is 1. The molecular weight excluding hydrogens is 380 g/mol. The van der Waals surface area contributed by atoms with Crippen LogP contribution in [0.15, 0.2) is 64.2 Å². The molecule has 3 aromatic rings. The first-order chi connectivity index (χ1) is 13.5. The molecule has 1 aliphatic heterocycles. The monoisotopic (exact) mass is 396 g/mol. The SMILES string of the molecule is COc1ccc(N2C(c3ccc(Cl)c(C(N)=O)c3)=Nc3occc3C2N)cc1. The summed E-state index contributed by atoms with van der Waals surface area (Å²) in [5, 5.41) is 0.270. The van der Waals surface area contributed by atoms with E-state index in [1.807, 2.05) is 29.2 Å². The molecule has 1 unspecified atom stereocenters. The van der Waals surface area contributed by atoms with Gasteiger partial charge >= 0.3 is 0 Å². The molecule has 4 N–H and O–H groups in total. The van der Waals surface area contributed by atoms with E-state index in [1.165, 1.54) is 0 Å². The molecule has 0 saturated carbocycles. The molecule has 0 aliphatic carbocycles.